The van der Waals surface area contributed by atoms with Crippen LogP contribution in [0.1, 0.15) is 31.0 Å². The number of hydrogen-bond acceptors (Lipinski definition) is 4. The van der Waals surface area contributed by atoms with E-state index in [9.17, 15) is 14.0 Å². The normalized spacial score (nSPS) is 11.3. The lowest BCUT2D eigenvalue weighted by atomic mass is 10.1. The van der Waals surface area contributed by atoms with Crippen LogP contribution in [0.3, 0.4) is 0 Å². The van der Waals surface area contributed by atoms with Crippen LogP contribution in [-0.4, -0.2) is 14.1 Å². The zero-order valence-electron chi connectivity index (χ0n) is 15.4. The van der Waals surface area contributed by atoms with Gasteiger partial charge in [0, 0.05) is 18.7 Å². The molecule has 136 valence electrons. The van der Waals surface area contributed by atoms with Crippen LogP contribution in [0.2, 0.25) is 0 Å². The summed E-state index contributed by atoms with van der Waals surface area (Å²) in [6.07, 6.45) is 1.43. The van der Waals surface area contributed by atoms with Gasteiger partial charge in [0.05, 0.1) is 11.4 Å². The minimum atomic E-state index is -0.452. The fourth-order valence-corrected chi connectivity index (χ4v) is 2.95. The molecule has 2 heterocycles. The highest BCUT2D eigenvalue weighted by atomic mass is 19.1. The van der Waals surface area contributed by atoms with Crippen LogP contribution in [0, 0.1) is 19.7 Å². The van der Waals surface area contributed by atoms with Crippen LogP contribution in [0.5, 0.6) is 0 Å². The maximum absolute atomic E-state index is 14.3. The van der Waals surface area contributed by atoms with Crippen molar-refractivity contribution >= 4 is 22.4 Å². The Kier molecular flexibility index (Phi) is 4.39. The largest absolute Gasteiger partial charge is 0.352 e. The molecule has 0 aliphatic heterocycles. The molecule has 7 heteroatoms. The van der Waals surface area contributed by atoms with E-state index in [-0.39, 0.29) is 33.9 Å². The van der Waals surface area contributed by atoms with Crippen LogP contribution < -0.4 is 16.4 Å². The molecule has 6 nitrogen and oxygen atoms in total. The van der Waals surface area contributed by atoms with Gasteiger partial charge in [-0.25, -0.2) is 9.37 Å². The van der Waals surface area contributed by atoms with Crippen molar-refractivity contribution in [2.24, 2.45) is 7.05 Å². The van der Waals surface area contributed by atoms with Crippen molar-refractivity contribution in [1.29, 1.82) is 0 Å². The van der Waals surface area contributed by atoms with Crippen molar-refractivity contribution in [3.63, 3.8) is 0 Å². The van der Waals surface area contributed by atoms with Gasteiger partial charge in [-0.1, -0.05) is 6.07 Å². The minimum Gasteiger partial charge on any atom is -0.352 e. The molecule has 0 atom stereocenters. The molecule has 0 aliphatic rings. The maximum Gasteiger partial charge on any atom is 0.265 e. The monoisotopic (exact) mass is 356 g/mol. The Labute approximate surface area is 149 Å². The van der Waals surface area contributed by atoms with Gasteiger partial charge in [0.15, 0.2) is 5.65 Å². The second-order valence-electron chi connectivity index (χ2n) is 6.72. The van der Waals surface area contributed by atoms with Crippen molar-refractivity contribution in [3.8, 4) is 0 Å². The molecule has 0 spiro atoms. The number of pyridine rings is 1. The number of nitrogens with one attached hydrogen (secondary N) is 1. The molecule has 2 aromatic heterocycles. The quantitative estimate of drug-likeness (QED) is 0.783. The molecule has 0 aliphatic carbocycles. The SMILES string of the molecule is Cc1ccc(Nc2c(C)c(=O)n(C)c3ncn(C(C)C)c(=O)c23)c(F)c1. The van der Waals surface area contributed by atoms with Gasteiger partial charge in [0.1, 0.15) is 17.5 Å². The van der Waals surface area contributed by atoms with Crippen LogP contribution in [0.15, 0.2) is 34.1 Å². The highest BCUT2D eigenvalue weighted by Gasteiger charge is 2.19. The summed E-state index contributed by atoms with van der Waals surface area (Å²) >= 11 is 0. The van der Waals surface area contributed by atoms with Gasteiger partial charge in [-0.05, 0) is 45.4 Å². The Morgan fingerprint density at radius 3 is 2.46 bits per heavy atom. The number of benzene rings is 1. The third-order valence-electron chi connectivity index (χ3n) is 4.49. The third-order valence-corrected chi connectivity index (χ3v) is 4.49. The van der Waals surface area contributed by atoms with E-state index in [1.807, 2.05) is 13.8 Å². The number of rotatable bonds is 3. The summed E-state index contributed by atoms with van der Waals surface area (Å²) in [5, 5.41) is 3.21. The van der Waals surface area contributed by atoms with E-state index in [2.05, 4.69) is 10.3 Å². The Morgan fingerprint density at radius 2 is 1.85 bits per heavy atom. The summed E-state index contributed by atoms with van der Waals surface area (Å²) in [4.78, 5) is 29.8. The first kappa shape index (κ1) is 17.8. The van der Waals surface area contributed by atoms with Gasteiger partial charge in [-0.2, -0.15) is 0 Å². The van der Waals surface area contributed by atoms with Crippen molar-refractivity contribution in [3.05, 3.63) is 62.2 Å². The van der Waals surface area contributed by atoms with E-state index >= 15 is 0 Å². The number of fused-ring (bicyclic) bond motifs is 1. The lowest BCUT2D eigenvalue weighted by Crippen LogP contribution is -2.29. The summed E-state index contributed by atoms with van der Waals surface area (Å²) < 4.78 is 17.1. The fourth-order valence-electron chi connectivity index (χ4n) is 2.95. The molecule has 0 saturated heterocycles. The molecule has 1 N–H and O–H groups in total. The second kappa shape index (κ2) is 6.40. The van der Waals surface area contributed by atoms with E-state index < -0.39 is 5.82 Å². The molecule has 0 bridgehead atoms. The highest BCUT2D eigenvalue weighted by molar-refractivity contribution is 5.92. The maximum atomic E-state index is 14.3. The molecule has 3 aromatic rings. The number of aryl methyl sites for hydroxylation is 2. The van der Waals surface area contributed by atoms with Crippen LogP contribution in [0.25, 0.3) is 11.0 Å². The molecule has 0 saturated carbocycles. The Morgan fingerprint density at radius 1 is 1.15 bits per heavy atom. The fraction of sp³-hybridized carbons (Fsp3) is 0.316. The van der Waals surface area contributed by atoms with Crippen molar-refractivity contribution in [2.45, 2.75) is 33.7 Å². The number of nitrogens with zero attached hydrogens (tertiary/aromatic N) is 3. The number of anilines is 2. The lowest BCUT2D eigenvalue weighted by molar-refractivity contribution is 0.572. The summed E-state index contributed by atoms with van der Waals surface area (Å²) in [5.74, 6) is -0.452. The number of aromatic nitrogens is 3. The van der Waals surface area contributed by atoms with E-state index in [4.69, 9.17) is 0 Å². The number of halogens is 1. The van der Waals surface area contributed by atoms with E-state index in [1.54, 1.807) is 33.0 Å². The van der Waals surface area contributed by atoms with Gasteiger partial charge in [0.2, 0.25) is 0 Å². The Balaban J connectivity index is 2.37. The molecule has 26 heavy (non-hydrogen) atoms. The number of hydrogen-bond donors (Lipinski definition) is 1. The summed E-state index contributed by atoms with van der Waals surface area (Å²) in [5.41, 5.74) is 1.30. The van der Waals surface area contributed by atoms with Crippen LogP contribution in [0.4, 0.5) is 15.8 Å². The second-order valence-corrected chi connectivity index (χ2v) is 6.72. The minimum absolute atomic E-state index is 0.0964. The smallest absolute Gasteiger partial charge is 0.265 e. The molecule has 0 amide bonds. The summed E-state index contributed by atoms with van der Waals surface area (Å²) in [7, 11) is 1.57. The summed E-state index contributed by atoms with van der Waals surface area (Å²) in [6, 6.07) is 4.64. The van der Waals surface area contributed by atoms with Gasteiger partial charge in [0.25, 0.3) is 11.1 Å². The molecule has 3 rings (SSSR count). The first-order chi connectivity index (χ1) is 12.2. The molecular weight excluding hydrogens is 335 g/mol. The molecule has 0 radical (unpaired) electrons. The predicted octanol–water partition coefficient (Wildman–Crippen LogP) is 3.18. The average molecular weight is 356 g/mol. The zero-order valence-corrected chi connectivity index (χ0v) is 15.4. The molecule has 1 aromatic carbocycles. The van der Waals surface area contributed by atoms with E-state index in [0.717, 1.165) is 5.56 Å². The van der Waals surface area contributed by atoms with Crippen LogP contribution >= 0.6 is 0 Å². The Bertz CT molecular complexity index is 1130. The van der Waals surface area contributed by atoms with E-state index in [1.165, 1.54) is 21.5 Å². The van der Waals surface area contributed by atoms with Crippen molar-refractivity contribution in [1.82, 2.24) is 14.1 Å². The van der Waals surface area contributed by atoms with Gasteiger partial charge < -0.3 is 5.32 Å². The van der Waals surface area contributed by atoms with Crippen molar-refractivity contribution < 1.29 is 4.39 Å². The van der Waals surface area contributed by atoms with Crippen molar-refractivity contribution in [2.75, 3.05) is 5.32 Å². The first-order valence-electron chi connectivity index (χ1n) is 8.36. The standard InChI is InChI=1S/C19H21FN4O2/c1-10(2)24-9-21-17-15(19(24)26)16(12(4)18(25)23(17)5)22-14-7-6-11(3)8-13(14)20/h6-10,22H,1-5H3. The van der Waals surface area contributed by atoms with Gasteiger partial charge >= 0.3 is 0 Å². The highest BCUT2D eigenvalue weighted by Crippen LogP contribution is 2.26. The van der Waals surface area contributed by atoms with E-state index in [0.29, 0.717) is 11.3 Å². The Hall–Kier alpha value is -2.96. The summed E-state index contributed by atoms with van der Waals surface area (Å²) in [6.45, 7) is 7.15. The molecular formula is C19H21FN4O2. The predicted molar refractivity (Wildman–Crippen MR) is 101 cm³/mol. The van der Waals surface area contributed by atoms with Gasteiger partial charge in [-0.3, -0.25) is 18.7 Å². The third kappa shape index (κ3) is 2.79. The van der Waals surface area contributed by atoms with Gasteiger partial charge in [-0.15, -0.1) is 0 Å². The topological polar surface area (TPSA) is 68.9 Å². The zero-order chi connectivity index (χ0) is 19.2. The molecule has 0 fully saturated rings. The first-order valence-corrected chi connectivity index (χ1v) is 8.36. The average Bonchev–Trinajstić information content (AvgIpc) is 2.58. The van der Waals surface area contributed by atoms with Crippen LogP contribution in [-0.2, 0) is 7.05 Å². The molecule has 0 unspecified atom stereocenters. The lowest BCUT2D eigenvalue weighted by Gasteiger charge is -2.17.